The van der Waals surface area contributed by atoms with Crippen molar-refractivity contribution < 1.29 is 9.47 Å². The van der Waals surface area contributed by atoms with E-state index < -0.39 is 0 Å². The minimum atomic E-state index is 0.260. The second-order valence-electron chi connectivity index (χ2n) is 5.00. The highest BCUT2D eigenvalue weighted by Gasteiger charge is 2.10. The van der Waals surface area contributed by atoms with Crippen LogP contribution >= 0.6 is 0 Å². The van der Waals surface area contributed by atoms with Gasteiger partial charge in [0.2, 0.25) is 0 Å². The van der Waals surface area contributed by atoms with Crippen LogP contribution in [0.25, 0.3) is 0 Å². The van der Waals surface area contributed by atoms with Crippen LogP contribution < -0.4 is 15.0 Å². The van der Waals surface area contributed by atoms with Crippen molar-refractivity contribution in [3.63, 3.8) is 0 Å². The first-order valence-electron chi connectivity index (χ1n) is 7.06. The fourth-order valence-electron chi connectivity index (χ4n) is 2.14. The molecule has 0 bridgehead atoms. The van der Waals surface area contributed by atoms with Crippen LogP contribution in [0.5, 0.6) is 5.75 Å². The molecule has 1 saturated heterocycles. The highest BCUT2D eigenvalue weighted by Crippen LogP contribution is 2.21. The van der Waals surface area contributed by atoms with Crippen LogP contribution in [0.2, 0.25) is 0 Å². The first-order valence-corrected chi connectivity index (χ1v) is 7.06. The van der Waals surface area contributed by atoms with Crippen LogP contribution in [0, 0.1) is 0 Å². The maximum absolute atomic E-state index is 5.72. The number of nitrogens with zero attached hydrogens (tertiary/aromatic N) is 1. The Morgan fingerprint density at radius 1 is 1.21 bits per heavy atom. The predicted molar refractivity (Wildman–Crippen MR) is 78.1 cm³/mol. The van der Waals surface area contributed by atoms with Gasteiger partial charge in [-0.1, -0.05) is 6.07 Å². The number of nitrogens with one attached hydrogen (secondary N) is 1. The van der Waals surface area contributed by atoms with Crippen molar-refractivity contribution in [3.05, 3.63) is 24.3 Å². The predicted octanol–water partition coefficient (Wildman–Crippen LogP) is 1.90. The zero-order valence-electron chi connectivity index (χ0n) is 11.9. The van der Waals surface area contributed by atoms with Crippen LogP contribution in [0.3, 0.4) is 0 Å². The van der Waals surface area contributed by atoms with Crippen molar-refractivity contribution >= 4 is 5.69 Å². The minimum absolute atomic E-state index is 0.260. The van der Waals surface area contributed by atoms with Crippen LogP contribution in [-0.4, -0.2) is 45.5 Å². The van der Waals surface area contributed by atoms with Crippen molar-refractivity contribution in [1.82, 2.24) is 5.32 Å². The first-order chi connectivity index (χ1) is 9.25. The van der Waals surface area contributed by atoms with E-state index in [4.69, 9.17) is 9.47 Å². The number of ether oxygens (including phenoxy) is 2. The standard InChI is InChI=1S/C15H24N2O2/c1-13(2)18-10-11-19-15-5-3-4-14(12-15)17-8-6-16-7-9-17/h3-5,12-13,16H,6-11H2,1-2H3. The van der Waals surface area contributed by atoms with Crippen LogP contribution in [0.1, 0.15) is 13.8 Å². The lowest BCUT2D eigenvalue weighted by Crippen LogP contribution is -2.43. The molecule has 1 aromatic rings. The van der Waals surface area contributed by atoms with Gasteiger partial charge in [0.1, 0.15) is 12.4 Å². The summed E-state index contributed by atoms with van der Waals surface area (Å²) in [5, 5.41) is 3.36. The number of hydrogen-bond acceptors (Lipinski definition) is 4. The van der Waals surface area contributed by atoms with E-state index in [1.807, 2.05) is 19.9 Å². The Morgan fingerprint density at radius 2 is 2.00 bits per heavy atom. The van der Waals surface area contributed by atoms with E-state index in [9.17, 15) is 0 Å². The van der Waals surface area contributed by atoms with E-state index >= 15 is 0 Å². The van der Waals surface area contributed by atoms with E-state index in [0.717, 1.165) is 31.9 Å². The van der Waals surface area contributed by atoms with E-state index in [1.54, 1.807) is 0 Å². The fourth-order valence-corrected chi connectivity index (χ4v) is 2.14. The average Bonchev–Trinajstić information content (AvgIpc) is 2.45. The smallest absolute Gasteiger partial charge is 0.121 e. The SMILES string of the molecule is CC(C)OCCOc1cccc(N2CCNCC2)c1. The molecular formula is C15H24N2O2. The third-order valence-electron chi connectivity index (χ3n) is 3.10. The Hall–Kier alpha value is -1.26. The molecule has 4 nitrogen and oxygen atoms in total. The van der Waals surface area contributed by atoms with Gasteiger partial charge in [-0.15, -0.1) is 0 Å². The Bertz CT molecular complexity index is 376. The number of benzene rings is 1. The molecule has 0 unspecified atom stereocenters. The molecular weight excluding hydrogens is 240 g/mol. The first kappa shape index (κ1) is 14.2. The largest absolute Gasteiger partial charge is 0.491 e. The lowest BCUT2D eigenvalue weighted by molar-refractivity contribution is 0.0553. The van der Waals surface area contributed by atoms with E-state index in [1.165, 1.54) is 5.69 Å². The monoisotopic (exact) mass is 264 g/mol. The summed E-state index contributed by atoms with van der Waals surface area (Å²) in [6, 6.07) is 8.31. The quantitative estimate of drug-likeness (QED) is 0.796. The third kappa shape index (κ3) is 4.73. The van der Waals surface area contributed by atoms with Gasteiger partial charge >= 0.3 is 0 Å². The van der Waals surface area contributed by atoms with Gasteiger partial charge in [0.15, 0.2) is 0 Å². The summed E-state index contributed by atoms with van der Waals surface area (Å²) in [6.45, 7) is 9.51. The van der Waals surface area contributed by atoms with Crippen LogP contribution in [0.15, 0.2) is 24.3 Å². The molecule has 4 heteroatoms. The molecule has 1 fully saturated rings. The van der Waals surface area contributed by atoms with E-state index in [0.29, 0.717) is 13.2 Å². The second-order valence-corrected chi connectivity index (χ2v) is 5.00. The third-order valence-corrected chi connectivity index (χ3v) is 3.10. The maximum atomic E-state index is 5.72. The van der Waals surface area contributed by atoms with Gasteiger partial charge in [-0.3, -0.25) is 0 Å². The van der Waals surface area contributed by atoms with Gasteiger partial charge in [-0.05, 0) is 26.0 Å². The summed E-state index contributed by atoms with van der Waals surface area (Å²) in [4.78, 5) is 2.38. The lowest BCUT2D eigenvalue weighted by atomic mass is 10.2. The zero-order chi connectivity index (χ0) is 13.5. The highest BCUT2D eigenvalue weighted by molar-refractivity contribution is 5.51. The Balaban J connectivity index is 1.84. The average molecular weight is 264 g/mol. The number of piperazine rings is 1. The van der Waals surface area contributed by atoms with Crippen molar-refractivity contribution in [2.45, 2.75) is 20.0 Å². The lowest BCUT2D eigenvalue weighted by Gasteiger charge is -2.29. The molecule has 0 saturated carbocycles. The molecule has 1 heterocycles. The van der Waals surface area contributed by atoms with Crippen molar-refractivity contribution in [1.29, 1.82) is 0 Å². The highest BCUT2D eigenvalue weighted by atomic mass is 16.5. The number of hydrogen-bond donors (Lipinski definition) is 1. The molecule has 1 N–H and O–H groups in total. The van der Waals surface area contributed by atoms with Gasteiger partial charge in [0.25, 0.3) is 0 Å². The van der Waals surface area contributed by atoms with Crippen molar-refractivity contribution in [2.24, 2.45) is 0 Å². The minimum Gasteiger partial charge on any atom is -0.491 e. The molecule has 1 aliphatic rings. The maximum Gasteiger partial charge on any atom is 0.121 e. The summed E-state index contributed by atoms with van der Waals surface area (Å²) >= 11 is 0. The summed E-state index contributed by atoms with van der Waals surface area (Å²) < 4.78 is 11.2. The topological polar surface area (TPSA) is 33.7 Å². The molecule has 1 aromatic carbocycles. The van der Waals surface area contributed by atoms with E-state index in [2.05, 4.69) is 28.4 Å². The molecule has 106 valence electrons. The van der Waals surface area contributed by atoms with Crippen molar-refractivity contribution in [2.75, 3.05) is 44.3 Å². The van der Waals surface area contributed by atoms with Crippen LogP contribution in [-0.2, 0) is 4.74 Å². The molecule has 0 amide bonds. The van der Waals surface area contributed by atoms with Gasteiger partial charge in [0, 0.05) is 37.9 Å². The van der Waals surface area contributed by atoms with Crippen molar-refractivity contribution in [3.8, 4) is 5.75 Å². The Morgan fingerprint density at radius 3 is 2.74 bits per heavy atom. The number of anilines is 1. The van der Waals surface area contributed by atoms with Gasteiger partial charge in [0.05, 0.1) is 12.7 Å². The Labute approximate surface area is 115 Å². The Kier molecular flexibility index (Phi) is 5.48. The van der Waals surface area contributed by atoms with Gasteiger partial charge in [-0.2, -0.15) is 0 Å². The molecule has 0 aliphatic carbocycles. The fraction of sp³-hybridized carbons (Fsp3) is 0.600. The van der Waals surface area contributed by atoms with Crippen LogP contribution in [0.4, 0.5) is 5.69 Å². The van der Waals surface area contributed by atoms with Gasteiger partial charge in [-0.25, -0.2) is 0 Å². The zero-order valence-corrected chi connectivity index (χ0v) is 11.9. The molecule has 0 aromatic heterocycles. The molecule has 1 aliphatic heterocycles. The normalized spacial score (nSPS) is 15.8. The molecule has 2 rings (SSSR count). The van der Waals surface area contributed by atoms with E-state index in [-0.39, 0.29) is 6.10 Å². The van der Waals surface area contributed by atoms with Gasteiger partial charge < -0.3 is 19.7 Å². The summed E-state index contributed by atoms with van der Waals surface area (Å²) in [7, 11) is 0. The summed E-state index contributed by atoms with van der Waals surface area (Å²) in [5.41, 5.74) is 1.24. The molecule has 19 heavy (non-hydrogen) atoms. The number of rotatable bonds is 6. The second kappa shape index (κ2) is 7.36. The summed E-state index contributed by atoms with van der Waals surface area (Å²) in [6.07, 6.45) is 0.260. The molecule has 0 spiro atoms. The molecule has 0 radical (unpaired) electrons. The summed E-state index contributed by atoms with van der Waals surface area (Å²) in [5.74, 6) is 0.920. The molecule has 0 atom stereocenters.